The molecule has 168 valence electrons. The summed E-state index contributed by atoms with van der Waals surface area (Å²) in [6, 6.07) is 8.42. The summed E-state index contributed by atoms with van der Waals surface area (Å²) in [5.74, 6) is 3.53. The Labute approximate surface area is 187 Å². The van der Waals surface area contributed by atoms with Crippen molar-refractivity contribution in [1.29, 1.82) is 0 Å². The Morgan fingerprint density at radius 2 is 1.47 bits per heavy atom. The molecular weight excluding hydrogens is 396 g/mol. The largest absolute Gasteiger partial charge is 0.385 e. The topological polar surface area (TPSA) is 27.7 Å². The molecule has 4 rings (SSSR count). The van der Waals surface area contributed by atoms with Crippen molar-refractivity contribution in [2.45, 2.75) is 76.4 Å². The van der Waals surface area contributed by atoms with Crippen LogP contribution < -0.4 is 0 Å². The SMILES string of the molecule is COCCCC1CCC(C2COC(C3CCC(c4ccc(Cl)cc4)CC3)OC2)CC1. The molecule has 0 radical (unpaired) electrons. The van der Waals surface area contributed by atoms with Gasteiger partial charge in [-0.05, 0) is 86.8 Å². The maximum absolute atomic E-state index is 6.29. The third-order valence-corrected chi connectivity index (χ3v) is 8.22. The van der Waals surface area contributed by atoms with Crippen LogP contribution in [0.1, 0.15) is 75.7 Å². The summed E-state index contributed by atoms with van der Waals surface area (Å²) in [4.78, 5) is 0. The summed E-state index contributed by atoms with van der Waals surface area (Å²) in [6.45, 7) is 2.72. The monoisotopic (exact) mass is 434 g/mol. The Bertz CT molecular complexity index is 610. The van der Waals surface area contributed by atoms with Crippen LogP contribution in [0.3, 0.4) is 0 Å². The van der Waals surface area contributed by atoms with E-state index < -0.39 is 0 Å². The molecule has 1 aromatic rings. The second-order valence-electron chi connectivity index (χ2n) is 9.87. The number of halogens is 1. The number of ether oxygens (including phenoxy) is 3. The molecule has 0 amide bonds. The van der Waals surface area contributed by atoms with Gasteiger partial charge in [0.05, 0.1) is 13.2 Å². The van der Waals surface area contributed by atoms with Crippen molar-refractivity contribution in [3.05, 3.63) is 34.9 Å². The molecule has 0 atom stereocenters. The minimum atomic E-state index is 0.0257. The van der Waals surface area contributed by atoms with E-state index in [2.05, 4.69) is 12.1 Å². The summed E-state index contributed by atoms with van der Waals surface area (Å²) >= 11 is 6.04. The van der Waals surface area contributed by atoms with Crippen LogP contribution in [0.4, 0.5) is 0 Å². The number of rotatable bonds is 7. The van der Waals surface area contributed by atoms with Crippen molar-refractivity contribution in [3.8, 4) is 0 Å². The van der Waals surface area contributed by atoms with Crippen molar-refractivity contribution in [1.82, 2.24) is 0 Å². The van der Waals surface area contributed by atoms with Gasteiger partial charge in [-0.1, -0.05) is 36.6 Å². The first kappa shape index (κ1) is 22.6. The first-order valence-corrected chi connectivity index (χ1v) is 12.6. The van der Waals surface area contributed by atoms with Crippen LogP contribution in [0.15, 0.2) is 24.3 Å². The summed E-state index contributed by atoms with van der Waals surface area (Å²) < 4.78 is 17.8. The minimum absolute atomic E-state index is 0.0257. The van der Waals surface area contributed by atoms with Crippen LogP contribution in [-0.4, -0.2) is 33.2 Å². The Balaban J connectivity index is 1.15. The Hall–Kier alpha value is -0.610. The van der Waals surface area contributed by atoms with E-state index in [4.69, 9.17) is 25.8 Å². The van der Waals surface area contributed by atoms with Crippen LogP contribution in [0.5, 0.6) is 0 Å². The van der Waals surface area contributed by atoms with Gasteiger partial charge in [-0.25, -0.2) is 0 Å². The second-order valence-corrected chi connectivity index (χ2v) is 10.3. The van der Waals surface area contributed by atoms with E-state index in [9.17, 15) is 0 Å². The van der Waals surface area contributed by atoms with E-state index in [0.29, 0.717) is 17.8 Å². The average molecular weight is 435 g/mol. The molecule has 3 aliphatic rings. The quantitative estimate of drug-likeness (QED) is 0.440. The molecular formula is C26H39ClO3. The Morgan fingerprint density at radius 1 is 0.833 bits per heavy atom. The lowest BCUT2D eigenvalue weighted by molar-refractivity contribution is -0.236. The molecule has 2 aliphatic carbocycles. The molecule has 0 bridgehead atoms. The van der Waals surface area contributed by atoms with Gasteiger partial charge in [-0.2, -0.15) is 0 Å². The van der Waals surface area contributed by atoms with Crippen molar-refractivity contribution in [2.24, 2.45) is 23.7 Å². The van der Waals surface area contributed by atoms with Gasteiger partial charge < -0.3 is 14.2 Å². The van der Waals surface area contributed by atoms with Gasteiger partial charge in [-0.3, -0.25) is 0 Å². The molecule has 1 aromatic carbocycles. The minimum Gasteiger partial charge on any atom is -0.385 e. The summed E-state index contributed by atoms with van der Waals surface area (Å²) in [5, 5.41) is 0.825. The molecule has 1 heterocycles. The van der Waals surface area contributed by atoms with E-state index in [0.717, 1.165) is 36.7 Å². The average Bonchev–Trinajstić information content (AvgIpc) is 2.81. The van der Waals surface area contributed by atoms with Crippen LogP contribution in [0, 0.1) is 23.7 Å². The van der Waals surface area contributed by atoms with Gasteiger partial charge in [0.15, 0.2) is 6.29 Å². The lowest BCUT2D eigenvalue weighted by atomic mass is 9.74. The first-order chi connectivity index (χ1) is 14.7. The number of benzene rings is 1. The van der Waals surface area contributed by atoms with Gasteiger partial charge in [-0.15, -0.1) is 0 Å². The predicted molar refractivity (Wildman–Crippen MR) is 122 cm³/mol. The lowest BCUT2D eigenvalue weighted by Crippen LogP contribution is -2.41. The standard InChI is InChI=1S/C26H39ClO3/c1-28-16-2-3-19-4-6-22(7-5-19)24-17-29-26(30-18-24)23-10-8-20(9-11-23)21-12-14-25(27)15-13-21/h12-15,19-20,22-24,26H,2-11,16-18H2,1H3. The molecule has 0 aromatic heterocycles. The van der Waals surface area contributed by atoms with Crippen molar-refractivity contribution in [3.63, 3.8) is 0 Å². The molecule has 0 N–H and O–H groups in total. The summed E-state index contributed by atoms with van der Waals surface area (Å²) in [7, 11) is 1.80. The maximum Gasteiger partial charge on any atom is 0.160 e. The number of hydrogen-bond donors (Lipinski definition) is 0. The van der Waals surface area contributed by atoms with Crippen LogP contribution in [0.2, 0.25) is 5.02 Å². The number of hydrogen-bond acceptors (Lipinski definition) is 3. The molecule has 30 heavy (non-hydrogen) atoms. The molecule has 4 heteroatoms. The van der Waals surface area contributed by atoms with Gasteiger partial charge >= 0.3 is 0 Å². The fraction of sp³-hybridized carbons (Fsp3) is 0.769. The van der Waals surface area contributed by atoms with Crippen molar-refractivity contribution < 1.29 is 14.2 Å². The van der Waals surface area contributed by atoms with Crippen LogP contribution >= 0.6 is 11.6 Å². The zero-order chi connectivity index (χ0) is 20.8. The second kappa shape index (κ2) is 11.3. The molecule has 0 unspecified atom stereocenters. The molecule has 1 saturated heterocycles. The van der Waals surface area contributed by atoms with Gasteiger partial charge in [0.25, 0.3) is 0 Å². The van der Waals surface area contributed by atoms with E-state index in [1.54, 1.807) is 7.11 Å². The predicted octanol–water partition coefficient (Wildman–Crippen LogP) is 6.84. The van der Waals surface area contributed by atoms with E-state index in [1.165, 1.54) is 69.8 Å². The van der Waals surface area contributed by atoms with E-state index >= 15 is 0 Å². The van der Waals surface area contributed by atoms with Crippen molar-refractivity contribution in [2.75, 3.05) is 26.9 Å². The highest BCUT2D eigenvalue weighted by Crippen LogP contribution is 2.41. The number of methoxy groups -OCH3 is 1. The summed E-state index contributed by atoms with van der Waals surface area (Å²) in [6.07, 6.45) is 12.9. The first-order valence-electron chi connectivity index (χ1n) is 12.2. The van der Waals surface area contributed by atoms with Gasteiger partial charge in [0, 0.05) is 30.6 Å². The highest BCUT2D eigenvalue weighted by molar-refractivity contribution is 6.30. The van der Waals surface area contributed by atoms with Crippen LogP contribution in [0.25, 0.3) is 0 Å². The Morgan fingerprint density at radius 3 is 2.10 bits per heavy atom. The lowest BCUT2D eigenvalue weighted by Gasteiger charge is -2.41. The molecule has 3 nitrogen and oxygen atoms in total. The van der Waals surface area contributed by atoms with Gasteiger partial charge in [0.1, 0.15) is 0 Å². The van der Waals surface area contributed by atoms with Gasteiger partial charge in [0.2, 0.25) is 0 Å². The zero-order valence-corrected chi connectivity index (χ0v) is 19.3. The molecule has 1 aliphatic heterocycles. The smallest absolute Gasteiger partial charge is 0.160 e. The van der Waals surface area contributed by atoms with E-state index in [-0.39, 0.29) is 6.29 Å². The van der Waals surface area contributed by atoms with Crippen molar-refractivity contribution >= 4 is 11.6 Å². The fourth-order valence-corrected chi connectivity index (χ4v) is 6.13. The molecule has 0 spiro atoms. The zero-order valence-electron chi connectivity index (χ0n) is 18.6. The highest BCUT2D eigenvalue weighted by Gasteiger charge is 2.36. The summed E-state index contributed by atoms with van der Waals surface area (Å²) in [5.41, 5.74) is 1.43. The molecule has 2 saturated carbocycles. The highest BCUT2D eigenvalue weighted by atomic mass is 35.5. The van der Waals surface area contributed by atoms with E-state index in [1.807, 2.05) is 12.1 Å². The maximum atomic E-state index is 6.29. The normalized spacial score (nSPS) is 35.3. The van der Waals surface area contributed by atoms with Crippen LogP contribution in [-0.2, 0) is 14.2 Å². The third kappa shape index (κ3) is 6.00. The fourth-order valence-electron chi connectivity index (χ4n) is 6.00. The molecule has 3 fully saturated rings. The Kier molecular flexibility index (Phi) is 8.51. The third-order valence-electron chi connectivity index (χ3n) is 7.97.